The van der Waals surface area contributed by atoms with Crippen LogP contribution in [0.15, 0.2) is 53.4 Å². The molecule has 2 aromatic rings. The lowest BCUT2D eigenvalue weighted by Crippen LogP contribution is -2.40. The quantitative estimate of drug-likeness (QED) is 0.742. The van der Waals surface area contributed by atoms with E-state index in [9.17, 15) is 17.6 Å². The fourth-order valence-electron chi connectivity index (χ4n) is 2.32. The Labute approximate surface area is 157 Å². The number of sulfonamides is 1. The zero-order valence-corrected chi connectivity index (χ0v) is 15.9. The Morgan fingerprint density at radius 1 is 1.15 bits per heavy atom. The fourth-order valence-corrected chi connectivity index (χ4v) is 3.95. The molecule has 1 amide bonds. The lowest BCUT2D eigenvalue weighted by molar-refractivity contribution is -0.121. The molecular weight excluding hydrogens is 379 g/mol. The van der Waals surface area contributed by atoms with Crippen LogP contribution in [-0.4, -0.2) is 31.7 Å². The third-order valence-electron chi connectivity index (χ3n) is 3.65. The zero-order chi connectivity index (χ0) is 19.2. The minimum atomic E-state index is -4.23. The lowest BCUT2D eigenvalue weighted by atomic mass is 10.2. The van der Waals surface area contributed by atoms with Crippen molar-refractivity contribution in [2.24, 2.45) is 0 Å². The Kier molecular flexibility index (Phi) is 7.14. The molecule has 0 radical (unpaired) electrons. The molecule has 5 nitrogen and oxygen atoms in total. The van der Waals surface area contributed by atoms with Crippen molar-refractivity contribution in [3.05, 3.63) is 64.9 Å². The summed E-state index contributed by atoms with van der Waals surface area (Å²) in [6.07, 6.45) is 0.719. The summed E-state index contributed by atoms with van der Waals surface area (Å²) in [6.45, 7) is 1.74. The smallest absolute Gasteiger partial charge is 0.246 e. The minimum absolute atomic E-state index is 0.143. The van der Waals surface area contributed by atoms with Crippen molar-refractivity contribution < 1.29 is 17.6 Å². The van der Waals surface area contributed by atoms with E-state index in [1.54, 1.807) is 24.3 Å². The molecule has 0 aliphatic carbocycles. The maximum atomic E-state index is 14.1. The monoisotopic (exact) mass is 398 g/mol. The highest BCUT2D eigenvalue weighted by Gasteiger charge is 2.29. The van der Waals surface area contributed by atoms with E-state index < -0.39 is 33.2 Å². The molecule has 0 bridgehead atoms. The lowest BCUT2D eigenvalue weighted by Gasteiger charge is -2.22. The molecule has 8 heteroatoms. The highest BCUT2D eigenvalue weighted by Crippen LogP contribution is 2.23. The highest BCUT2D eigenvalue weighted by molar-refractivity contribution is 7.89. The molecule has 0 unspecified atom stereocenters. The van der Waals surface area contributed by atoms with Gasteiger partial charge in [0, 0.05) is 18.1 Å². The molecule has 0 spiro atoms. The number of carbonyl (C=O) groups is 1. The summed E-state index contributed by atoms with van der Waals surface area (Å²) >= 11 is 6.12. The van der Waals surface area contributed by atoms with Crippen LogP contribution in [0.1, 0.15) is 18.9 Å². The van der Waals surface area contributed by atoms with E-state index in [4.69, 9.17) is 11.6 Å². The highest BCUT2D eigenvalue weighted by atomic mass is 35.5. The van der Waals surface area contributed by atoms with Gasteiger partial charge in [0.25, 0.3) is 0 Å². The van der Waals surface area contributed by atoms with E-state index in [0.717, 1.165) is 16.8 Å². The molecule has 0 heterocycles. The van der Waals surface area contributed by atoms with Gasteiger partial charge in [0.1, 0.15) is 10.7 Å². The SMILES string of the molecule is CCCNC(=O)CN(Cc1ccccc1Cl)S(=O)(=O)c1ccccc1F. The van der Waals surface area contributed by atoms with Crippen molar-refractivity contribution in [2.75, 3.05) is 13.1 Å². The number of benzene rings is 2. The molecule has 26 heavy (non-hydrogen) atoms. The molecular formula is C18H20ClFN2O3S. The second-order valence-electron chi connectivity index (χ2n) is 5.64. The number of hydrogen-bond acceptors (Lipinski definition) is 3. The summed E-state index contributed by atoms with van der Waals surface area (Å²) in [7, 11) is -4.23. The van der Waals surface area contributed by atoms with Crippen molar-refractivity contribution in [3.8, 4) is 0 Å². The van der Waals surface area contributed by atoms with Gasteiger partial charge in [0.15, 0.2) is 0 Å². The van der Waals surface area contributed by atoms with Gasteiger partial charge in [0.2, 0.25) is 15.9 Å². The van der Waals surface area contributed by atoms with Crippen LogP contribution in [0.2, 0.25) is 5.02 Å². The van der Waals surface area contributed by atoms with Crippen LogP contribution >= 0.6 is 11.6 Å². The number of nitrogens with one attached hydrogen (secondary N) is 1. The first-order chi connectivity index (χ1) is 12.4. The zero-order valence-electron chi connectivity index (χ0n) is 14.3. The predicted octanol–water partition coefficient (Wildman–Crippen LogP) is 3.20. The van der Waals surface area contributed by atoms with Gasteiger partial charge in [-0.3, -0.25) is 4.79 Å². The van der Waals surface area contributed by atoms with Gasteiger partial charge in [-0.1, -0.05) is 48.9 Å². The molecule has 0 aliphatic heterocycles. The van der Waals surface area contributed by atoms with Crippen LogP contribution in [0, 0.1) is 5.82 Å². The number of rotatable bonds is 8. The first kappa shape index (κ1) is 20.4. The van der Waals surface area contributed by atoms with Crippen LogP contribution in [0.5, 0.6) is 0 Å². The summed E-state index contributed by atoms with van der Waals surface area (Å²) < 4.78 is 40.9. The van der Waals surface area contributed by atoms with Gasteiger partial charge in [-0.2, -0.15) is 4.31 Å². The molecule has 140 valence electrons. The molecule has 2 aromatic carbocycles. The number of nitrogens with zero attached hydrogens (tertiary/aromatic N) is 1. The van der Waals surface area contributed by atoms with Crippen molar-refractivity contribution in [3.63, 3.8) is 0 Å². The minimum Gasteiger partial charge on any atom is -0.355 e. The van der Waals surface area contributed by atoms with Crippen LogP contribution < -0.4 is 5.32 Å². The van der Waals surface area contributed by atoms with E-state index in [1.165, 1.54) is 18.2 Å². The molecule has 2 rings (SSSR count). The number of amides is 1. The summed E-state index contributed by atoms with van der Waals surface area (Å²) in [4.78, 5) is 11.6. The molecule has 1 N–H and O–H groups in total. The summed E-state index contributed by atoms with van der Waals surface area (Å²) in [5, 5.41) is 3.00. The van der Waals surface area contributed by atoms with Crippen molar-refractivity contribution in [1.82, 2.24) is 9.62 Å². The average molecular weight is 399 g/mol. The molecule has 0 aliphatic rings. The largest absolute Gasteiger partial charge is 0.355 e. The van der Waals surface area contributed by atoms with Gasteiger partial charge in [-0.15, -0.1) is 0 Å². The first-order valence-electron chi connectivity index (χ1n) is 8.11. The molecule has 0 atom stereocenters. The van der Waals surface area contributed by atoms with Crippen LogP contribution in [0.4, 0.5) is 4.39 Å². The van der Waals surface area contributed by atoms with Gasteiger partial charge in [0.05, 0.1) is 6.54 Å². The summed E-state index contributed by atoms with van der Waals surface area (Å²) in [5.41, 5.74) is 0.525. The average Bonchev–Trinajstić information content (AvgIpc) is 2.61. The Morgan fingerprint density at radius 2 is 1.81 bits per heavy atom. The van der Waals surface area contributed by atoms with E-state index in [-0.39, 0.29) is 6.54 Å². The van der Waals surface area contributed by atoms with Crippen molar-refractivity contribution in [1.29, 1.82) is 0 Å². The first-order valence-corrected chi connectivity index (χ1v) is 9.93. The Bertz CT molecular complexity index is 874. The second kappa shape index (κ2) is 9.12. The van der Waals surface area contributed by atoms with E-state index in [1.807, 2.05) is 6.92 Å². The van der Waals surface area contributed by atoms with E-state index in [0.29, 0.717) is 17.1 Å². The number of carbonyl (C=O) groups excluding carboxylic acids is 1. The number of hydrogen-bond donors (Lipinski definition) is 1. The Morgan fingerprint density at radius 3 is 2.46 bits per heavy atom. The van der Waals surface area contributed by atoms with Gasteiger partial charge < -0.3 is 5.32 Å². The molecule has 0 saturated heterocycles. The maximum absolute atomic E-state index is 14.1. The van der Waals surface area contributed by atoms with Gasteiger partial charge >= 0.3 is 0 Å². The Balaban J connectivity index is 2.38. The van der Waals surface area contributed by atoms with Crippen molar-refractivity contribution in [2.45, 2.75) is 24.8 Å². The molecule has 0 aromatic heterocycles. The van der Waals surface area contributed by atoms with Gasteiger partial charge in [-0.25, -0.2) is 12.8 Å². The third-order valence-corrected chi connectivity index (χ3v) is 5.84. The molecule has 0 saturated carbocycles. The Hall–Kier alpha value is -1.96. The fraction of sp³-hybridized carbons (Fsp3) is 0.278. The maximum Gasteiger partial charge on any atom is 0.246 e. The number of halogens is 2. The summed E-state index contributed by atoms with van der Waals surface area (Å²) in [5.74, 6) is -1.33. The standard InChI is InChI=1S/C18H20ClFN2O3S/c1-2-11-21-18(23)13-22(12-14-7-3-4-8-15(14)19)26(24,25)17-10-6-5-9-16(17)20/h3-10H,2,11-13H2,1H3,(H,21,23). The third kappa shape index (κ3) is 5.03. The summed E-state index contributed by atoms with van der Waals surface area (Å²) in [6, 6.07) is 11.8. The second-order valence-corrected chi connectivity index (χ2v) is 7.96. The van der Waals surface area contributed by atoms with Crippen molar-refractivity contribution >= 4 is 27.5 Å². The topological polar surface area (TPSA) is 66.5 Å². The van der Waals surface area contributed by atoms with E-state index in [2.05, 4.69) is 5.32 Å². The van der Waals surface area contributed by atoms with Crippen LogP contribution in [0.3, 0.4) is 0 Å². The van der Waals surface area contributed by atoms with Gasteiger partial charge in [-0.05, 0) is 30.2 Å². The molecule has 0 fully saturated rings. The van der Waals surface area contributed by atoms with Crippen LogP contribution in [0.25, 0.3) is 0 Å². The predicted molar refractivity (Wildman–Crippen MR) is 98.7 cm³/mol. The van der Waals surface area contributed by atoms with E-state index >= 15 is 0 Å². The normalized spacial score (nSPS) is 11.5. The van der Waals surface area contributed by atoms with Crippen LogP contribution in [-0.2, 0) is 21.4 Å².